The van der Waals surface area contributed by atoms with Gasteiger partial charge in [0.1, 0.15) is 5.54 Å². The molecule has 20 heavy (non-hydrogen) atoms. The normalized spacial score (nSPS) is 24.8. The third kappa shape index (κ3) is 3.51. The van der Waals surface area contributed by atoms with Crippen molar-refractivity contribution in [1.29, 1.82) is 0 Å². The highest BCUT2D eigenvalue weighted by molar-refractivity contribution is 5.80. The van der Waals surface area contributed by atoms with Crippen LogP contribution in [0.3, 0.4) is 0 Å². The number of likely N-dealkylation sites (tertiary alicyclic amines) is 1. The fourth-order valence-corrected chi connectivity index (χ4v) is 3.34. The van der Waals surface area contributed by atoms with Crippen LogP contribution >= 0.6 is 0 Å². The molecule has 0 aromatic rings. The highest BCUT2D eigenvalue weighted by Gasteiger charge is 2.52. The number of ether oxygens (including phenoxy) is 1. The van der Waals surface area contributed by atoms with E-state index in [1.54, 1.807) is 7.11 Å². The molecule has 1 aliphatic carbocycles. The van der Waals surface area contributed by atoms with E-state index in [-0.39, 0.29) is 12.0 Å². The summed E-state index contributed by atoms with van der Waals surface area (Å²) in [6.45, 7) is 6.52. The summed E-state index contributed by atoms with van der Waals surface area (Å²) in [5.74, 6) is -0.412. The molecule has 1 aliphatic heterocycles. The first-order valence-electron chi connectivity index (χ1n) is 7.74. The molecule has 0 bridgehead atoms. The van der Waals surface area contributed by atoms with E-state index in [0.717, 1.165) is 38.8 Å². The molecule has 2 rings (SSSR count). The first kappa shape index (κ1) is 15.7. The van der Waals surface area contributed by atoms with Gasteiger partial charge in [-0.15, -0.1) is 0 Å². The second kappa shape index (κ2) is 6.41. The maximum absolute atomic E-state index is 11.9. The molecule has 1 saturated carbocycles. The molecule has 5 heteroatoms. The average Bonchev–Trinajstić information content (AvgIpc) is 3.22. The summed E-state index contributed by atoms with van der Waals surface area (Å²) in [7, 11) is 1.76. The van der Waals surface area contributed by atoms with Gasteiger partial charge >= 0.3 is 5.97 Å². The molecular formula is C15H28N2O3. The Morgan fingerprint density at radius 2 is 1.95 bits per heavy atom. The Kier molecular flexibility index (Phi) is 5.04. The van der Waals surface area contributed by atoms with E-state index < -0.39 is 11.5 Å². The average molecular weight is 284 g/mol. The summed E-state index contributed by atoms with van der Waals surface area (Å²) in [6, 6.07) is 0.184. The van der Waals surface area contributed by atoms with Crippen LogP contribution in [-0.4, -0.2) is 60.4 Å². The van der Waals surface area contributed by atoms with Gasteiger partial charge in [0.25, 0.3) is 0 Å². The summed E-state index contributed by atoms with van der Waals surface area (Å²) in [5, 5.41) is 13.2. The van der Waals surface area contributed by atoms with E-state index in [4.69, 9.17) is 4.74 Å². The van der Waals surface area contributed by atoms with Crippen molar-refractivity contribution in [3.8, 4) is 0 Å². The zero-order valence-corrected chi connectivity index (χ0v) is 12.9. The van der Waals surface area contributed by atoms with E-state index in [1.165, 1.54) is 0 Å². The van der Waals surface area contributed by atoms with Crippen LogP contribution in [0.15, 0.2) is 0 Å². The largest absolute Gasteiger partial charge is 0.480 e. The zero-order chi connectivity index (χ0) is 14.8. The third-order valence-corrected chi connectivity index (χ3v) is 4.54. The lowest BCUT2D eigenvalue weighted by atomic mass is 9.90. The fraction of sp³-hybridized carbons (Fsp3) is 0.933. The van der Waals surface area contributed by atoms with Gasteiger partial charge < -0.3 is 14.7 Å². The van der Waals surface area contributed by atoms with Crippen LogP contribution in [0.1, 0.15) is 39.5 Å². The van der Waals surface area contributed by atoms with Crippen molar-refractivity contribution in [2.24, 2.45) is 5.92 Å². The standard InChI is InChI=1S/C15H28N2O3/c1-11(2)16-15(14(18)19,12-4-5-12)10-17-8-6-13(20-3)7-9-17/h11-13,16H,4-10H2,1-3H3,(H,18,19). The van der Waals surface area contributed by atoms with Crippen molar-refractivity contribution in [2.75, 3.05) is 26.7 Å². The molecular weight excluding hydrogens is 256 g/mol. The van der Waals surface area contributed by atoms with Gasteiger partial charge in [0, 0.05) is 32.8 Å². The van der Waals surface area contributed by atoms with Crippen molar-refractivity contribution < 1.29 is 14.6 Å². The van der Waals surface area contributed by atoms with Gasteiger partial charge in [-0.25, -0.2) is 0 Å². The van der Waals surface area contributed by atoms with Crippen molar-refractivity contribution in [1.82, 2.24) is 10.2 Å². The highest BCUT2D eigenvalue weighted by atomic mass is 16.5. The molecule has 5 nitrogen and oxygen atoms in total. The number of nitrogens with zero attached hydrogens (tertiary/aromatic N) is 1. The van der Waals surface area contributed by atoms with E-state index in [1.807, 2.05) is 13.8 Å². The van der Waals surface area contributed by atoms with Crippen molar-refractivity contribution in [3.05, 3.63) is 0 Å². The van der Waals surface area contributed by atoms with Crippen LogP contribution in [0, 0.1) is 5.92 Å². The van der Waals surface area contributed by atoms with E-state index in [9.17, 15) is 9.90 Å². The number of rotatable bonds is 7. The molecule has 2 N–H and O–H groups in total. The van der Waals surface area contributed by atoms with Crippen LogP contribution in [0.4, 0.5) is 0 Å². The Morgan fingerprint density at radius 1 is 1.35 bits per heavy atom. The predicted molar refractivity (Wildman–Crippen MR) is 77.8 cm³/mol. The number of carboxylic acid groups (broad SMARTS) is 1. The summed E-state index contributed by atoms with van der Waals surface area (Å²) in [5.41, 5.74) is -0.770. The summed E-state index contributed by atoms with van der Waals surface area (Å²) in [4.78, 5) is 14.2. The topological polar surface area (TPSA) is 61.8 Å². The molecule has 0 aromatic heterocycles. The molecule has 2 aliphatic rings. The number of carbonyl (C=O) groups is 1. The fourth-order valence-electron chi connectivity index (χ4n) is 3.34. The SMILES string of the molecule is COC1CCN(CC(NC(C)C)(C(=O)O)C2CC2)CC1. The maximum atomic E-state index is 11.9. The van der Waals surface area contributed by atoms with Crippen molar-refractivity contribution in [3.63, 3.8) is 0 Å². The Balaban J connectivity index is 2.02. The molecule has 0 spiro atoms. The molecule has 116 valence electrons. The Labute approximate surface area is 121 Å². The highest BCUT2D eigenvalue weighted by Crippen LogP contribution is 2.41. The minimum atomic E-state index is -0.770. The van der Waals surface area contributed by atoms with Gasteiger partial charge in [0.2, 0.25) is 0 Å². The summed E-state index contributed by atoms with van der Waals surface area (Å²) >= 11 is 0. The van der Waals surface area contributed by atoms with Crippen LogP contribution in [0.5, 0.6) is 0 Å². The Bertz CT molecular complexity index is 336. The molecule has 1 unspecified atom stereocenters. The molecule has 0 radical (unpaired) electrons. The Hall–Kier alpha value is -0.650. The smallest absolute Gasteiger partial charge is 0.325 e. The van der Waals surface area contributed by atoms with Crippen LogP contribution in [0.2, 0.25) is 0 Å². The molecule has 1 heterocycles. The monoisotopic (exact) mass is 284 g/mol. The lowest BCUT2D eigenvalue weighted by molar-refractivity contribution is -0.147. The molecule has 0 aromatic carbocycles. The van der Waals surface area contributed by atoms with Gasteiger partial charge in [0.15, 0.2) is 0 Å². The predicted octanol–water partition coefficient (Wildman–Crippen LogP) is 1.33. The number of nitrogens with one attached hydrogen (secondary N) is 1. The number of carboxylic acids is 1. The van der Waals surface area contributed by atoms with Crippen molar-refractivity contribution >= 4 is 5.97 Å². The first-order chi connectivity index (χ1) is 9.48. The number of piperidine rings is 1. The number of hydrogen-bond acceptors (Lipinski definition) is 4. The second-order valence-electron chi connectivity index (χ2n) is 6.56. The number of methoxy groups -OCH3 is 1. The minimum absolute atomic E-state index is 0.184. The summed E-state index contributed by atoms with van der Waals surface area (Å²) in [6.07, 6.45) is 4.39. The van der Waals surface area contributed by atoms with Gasteiger partial charge in [0.05, 0.1) is 6.10 Å². The van der Waals surface area contributed by atoms with Gasteiger partial charge in [-0.3, -0.25) is 10.1 Å². The van der Waals surface area contributed by atoms with Gasteiger partial charge in [-0.1, -0.05) is 0 Å². The van der Waals surface area contributed by atoms with E-state index in [2.05, 4.69) is 10.2 Å². The quantitative estimate of drug-likeness (QED) is 0.738. The molecule has 2 fully saturated rings. The Morgan fingerprint density at radius 3 is 2.35 bits per heavy atom. The number of aliphatic carboxylic acids is 1. The maximum Gasteiger partial charge on any atom is 0.325 e. The van der Waals surface area contributed by atoms with Crippen LogP contribution < -0.4 is 5.32 Å². The summed E-state index contributed by atoms with van der Waals surface area (Å²) < 4.78 is 5.38. The van der Waals surface area contributed by atoms with Gasteiger partial charge in [-0.2, -0.15) is 0 Å². The van der Waals surface area contributed by atoms with Crippen molar-refractivity contribution in [2.45, 2.75) is 57.2 Å². The lowest BCUT2D eigenvalue weighted by Crippen LogP contribution is -2.63. The zero-order valence-electron chi connectivity index (χ0n) is 12.9. The molecule has 1 atom stereocenters. The van der Waals surface area contributed by atoms with E-state index in [0.29, 0.717) is 12.6 Å². The lowest BCUT2D eigenvalue weighted by Gasteiger charge is -2.40. The third-order valence-electron chi connectivity index (χ3n) is 4.54. The second-order valence-corrected chi connectivity index (χ2v) is 6.56. The van der Waals surface area contributed by atoms with Gasteiger partial charge in [-0.05, 0) is 45.4 Å². The minimum Gasteiger partial charge on any atom is -0.480 e. The van der Waals surface area contributed by atoms with Crippen LogP contribution in [0.25, 0.3) is 0 Å². The molecule has 1 saturated heterocycles. The van der Waals surface area contributed by atoms with Crippen LogP contribution in [-0.2, 0) is 9.53 Å². The van der Waals surface area contributed by atoms with E-state index >= 15 is 0 Å². The molecule has 0 amide bonds. The first-order valence-corrected chi connectivity index (χ1v) is 7.74. The number of hydrogen-bond donors (Lipinski definition) is 2.